The number of ether oxygens (including phenoxy) is 2. The summed E-state index contributed by atoms with van der Waals surface area (Å²) in [4.78, 5) is 15.1. The maximum absolute atomic E-state index is 12.6. The van der Waals surface area contributed by atoms with E-state index < -0.39 is 0 Å². The molecule has 0 aromatic heterocycles. The first kappa shape index (κ1) is 18.6. The number of para-hydroxylation sites is 1. The third-order valence-corrected chi connectivity index (χ3v) is 5.27. The number of fused-ring (bicyclic) bond motifs is 1. The molecule has 2 aromatic rings. The lowest BCUT2D eigenvalue weighted by Gasteiger charge is -2.19. The topological polar surface area (TPSA) is 50.8 Å². The quantitative estimate of drug-likeness (QED) is 0.837. The van der Waals surface area contributed by atoms with Crippen molar-refractivity contribution < 1.29 is 14.3 Å². The van der Waals surface area contributed by atoms with Crippen LogP contribution in [0.15, 0.2) is 48.0 Å². The normalized spacial score (nSPS) is 16.1. The van der Waals surface area contributed by atoms with Gasteiger partial charge in [-0.3, -0.25) is 9.69 Å². The summed E-state index contributed by atoms with van der Waals surface area (Å²) in [5, 5.41) is 3.02. The molecule has 0 bridgehead atoms. The van der Waals surface area contributed by atoms with Gasteiger partial charge in [0.25, 0.3) is 5.91 Å². The van der Waals surface area contributed by atoms with E-state index >= 15 is 0 Å². The lowest BCUT2D eigenvalue weighted by Crippen LogP contribution is -2.28. The summed E-state index contributed by atoms with van der Waals surface area (Å²) >= 11 is 0. The summed E-state index contributed by atoms with van der Waals surface area (Å²) in [6, 6.07) is 14.1. The van der Waals surface area contributed by atoms with Crippen molar-refractivity contribution in [3.05, 3.63) is 64.7 Å². The molecule has 1 fully saturated rings. The van der Waals surface area contributed by atoms with Crippen LogP contribution in [0.1, 0.15) is 29.5 Å². The molecule has 0 atom stereocenters. The number of nitrogens with one attached hydrogen (secondary N) is 1. The fourth-order valence-corrected chi connectivity index (χ4v) is 3.80. The van der Waals surface area contributed by atoms with Gasteiger partial charge < -0.3 is 14.8 Å². The first-order chi connectivity index (χ1) is 13.7. The fraction of sp³-hybridized carbons (Fsp3) is 0.348. The SMILES string of the molecule is COc1cccc2c1OCC(C(=O)NCc1cccc(CN3CCCC3)c1)=C2. The number of likely N-dealkylation sites (tertiary alicyclic amines) is 1. The zero-order valence-electron chi connectivity index (χ0n) is 16.2. The molecule has 2 heterocycles. The van der Waals surface area contributed by atoms with Crippen LogP contribution in [0.5, 0.6) is 11.5 Å². The van der Waals surface area contributed by atoms with Crippen LogP contribution in [-0.2, 0) is 17.9 Å². The highest BCUT2D eigenvalue weighted by Gasteiger charge is 2.20. The number of hydrogen-bond acceptors (Lipinski definition) is 4. The highest BCUT2D eigenvalue weighted by Crippen LogP contribution is 2.35. The Morgan fingerprint density at radius 3 is 2.75 bits per heavy atom. The van der Waals surface area contributed by atoms with Crippen molar-refractivity contribution in [1.82, 2.24) is 10.2 Å². The summed E-state index contributed by atoms with van der Waals surface area (Å²) in [6.45, 7) is 4.10. The van der Waals surface area contributed by atoms with Gasteiger partial charge in [-0.1, -0.05) is 36.4 Å². The maximum Gasteiger partial charge on any atom is 0.250 e. The number of amides is 1. The van der Waals surface area contributed by atoms with Gasteiger partial charge in [0.15, 0.2) is 11.5 Å². The molecular formula is C23H26N2O3. The highest BCUT2D eigenvalue weighted by molar-refractivity contribution is 5.99. The number of carbonyl (C=O) groups is 1. The molecule has 5 nitrogen and oxygen atoms in total. The van der Waals surface area contributed by atoms with E-state index in [1.165, 1.54) is 31.5 Å². The van der Waals surface area contributed by atoms with Crippen molar-refractivity contribution in [3.63, 3.8) is 0 Å². The van der Waals surface area contributed by atoms with Crippen LogP contribution in [-0.4, -0.2) is 37.6 Å². The standard InChI is InChI=1S/C23H26N2O3/c1-27-21-9-5-8-19-13-20(16-28-22(19)21)23(26)24-14-17-6-4-7-18(12-17)15-25-10-2-3-11-25/h4-9,12-13H,2-3,10-11,14-16H2,1H3,(H,24,26). The van der Waals surface area contributed by atoms with Gasteiger partial charge in [-0.25, -0.2) is 0 Å². The minimum Gasteiger partial charge on any atom is -0.493 e. The molecule has 2 aliphatic rings. The van der Waals surface area contributed by atoms with E-state index in [-0.39, 0.29) is 12.5 Å². The molecule has 5 heteroatoms. The number of hydrogen-bond donors (Lipinski definition) is 1. The Labute approximate surface area is 165 Å². The van der Waals surface area contributed by atoms with Crippen LogP contribution in [0.3, 0.4) is 0 Å². The molecule has 2 aromatic carbocycles. The molecule has 1 N–H and O–H groups in total. The smallest absolute Gasteiger partial charge is 0.250 e. The van der Waals surface area contributed by atoms with Gasteiger partial charge in [-0.2, -0.15) is 0 Å². The minimum absolute atomic E-state index is 0.0987. The second kappa shape index (κ2) is 8.48. The van der Waals surface area contributed by atoms with E-state index in [4.69, 9.17) is 9.47 Å². The van der Waals surface area contributed by atoms with Gasteiger partial charge in [-0.15, -0.1) is 0 Å². The van der Waals surface area contributed by atoms with Crippen molar-refractivity contribution in [2.24, 2.45) is 0 Å². The Balaban J connectivity index is 1.38. The van der Waals surface area contributed by atoms with E-state index in [0.29, 0.717) is 23.6 Å². The molecule has 0 spiro atoms. The largest absolute Gasteiger partial charge is 0.493 e. The number of carbonyl (C=O) groups excluding carboxylic acids is 1. The first-order valence-electron chi connectivity index (χ1n) is 9.81. The lowest BCUT2D eigenvalue weighted by atomic mass is 10.1. The molecule has 4 rings (SSSR count). The highest BCUT2D eigenvalue weighted by atomic mass is 16.5. The zero-order chi connectivity index (χ0) is 19.3. The van der Waals surface area contributed by atoms with Crippen LogP contribution in [0.25, 0.3) is 6.08 Å². The molecule has 2 aliphatic heterocycles. The predicted octanol–water partition coefficient (Wildman–Crippen LogP) is 3.38. The van der Waals surface area contributed by atoms with Gasteiger partial charge in [0, 0.05) is 18.7 Å². The maximum atomic E-state index is 12.6. The predicted molar refractivity (Wildman–Crippen MR) is 109 cm³/mol. The summed E-state index contributed by atoms with van der Waals surface area (Å²) in [7, 11) is 1.61. The van der Waals surface area contributed by atoms with Crippen LogP contribution in [0.4, 0.5) is 0 Å². The molecular weight excluding hydrogens is 352 g/mol. The average Bonchev–Trinajstić information content (AvgIpc) is 3.24. The third kappa shape index (κ3) is 4.20. The summed E-state index contributed by atoms with van der Waals surface area (Å²) in [5.74, 6) is 1.28. The van der Waals surface area contributed by atoms with E-state index in [1.54, 1.807) is 7.11 Å². The number of rotatable bonds is 6. The number of nitrogens with zero attached hydrogens (tertiary/aromatic N) is 1. The van der Waals surface area contributed by atoms with Gasteiger partial charge in [0.05, 0.1) is 12.7 Å². The summed E-state index contributed by atoms with van der Waals surface area (Å²) in [5.41, 5.74) is 3.90. The average molecular weight is 378 g/mol. The Kier molecular flexibility index (Phi) is 5.63. The van der Waals surface area contributed by atoms with Crippen molar-refractivity contribution in [1.29, 1.82) is 0 Å². The zero-order valence-corrected chi connectivity index (χ0v) is 16.2. The first-order valence-corrected chi connectivity index (χ1v) is 9.81. The van der Waals surface area contributed by atoms with Gasteiger partial charge >= 0.3 is 0 Å². The minimum atomic E-state index is -0.0987. The fourth-order valence-electron chi connectivity index (χ4n) is 3.80. The van der Waals surface area contributed by atoms with Gasteiger partial charge in [0.2, 0.25) is 0 Å². The molecule has 146 valence electrons. The van der Waals surface area contributed by atoms with Crippen molar-refractivity contribution in [2.45, 2.75) is 25.9 Å². The van der Waals surface area contributed by atoms with Crippen molar-refractivity contribution >= 4 is 12.0 Å². The monoisotopic (exact) mass is 378 g/mol. The van der Waals surface area contributed by atoms with E-state index in [1.807, 2.05) is 24.3 Å². The Bertz CT molecular complexity index is 885. The second-order valence-corrected chi connectivity index (χ2v) is 7.32. The molecule has 0 saturated carbocycles. The number of methoxy groups -OCH3 is 1. The van der Waals surface area contributed by atoms with E-state index in [0.717, 1.165) is 17.7 Å². The van der Waals surface area contributed by atoms with Crippen LogP contribution in [0, 0.1) is 0 Å². The van der Waals surface area contributed by atoms with Gasteiger partial charge in [0.1, 0.15) is 6.61 Å². The van der Waals surface area contributed by atoms with Crippen molar-refractivity contribution in [2.75, 3.05) is 26.8 Å². The Morgan fingerprint density at radius 2 is 1.93 bits per heavy atom. The number of benzene rings is 2. The Hall–Kier alpha value is -2.79. The molecule has 0 aliphatic carbocycles. The van der Waals surface area contributed by atoms with E-state index in [9.17, 15) is 4.79 Å². The van der Waals surface area contributed by atoms with Crippen LogP contribution in [0.2, 0.25) is 0 Å². The lowest BCUT2D eigenvalue weighted by molar-refractivity contribution is -0.117. The third-order valence-electron chi connectivity index (χ3n) is 5.27. The molecule has 28 heavy (non-hydrogen) atoms. The molecule has 1 amide bonds. The van der Waals surface area contributed by atoms with Gasteiger partial charge in [-0.05, 0) is 49.2 Å². The van der Waals surface area contributed by atoms with Crippen LogP contribution >= 0.6 is 0 Å². The second-order valence-electron chi connectivity index (χ2n) is 7.32. The summed E-state index contributed by atoms with van der Waals surface area (Å²) in [6.07, 6.45) is 4.46. The molecule has 0 radical (unpaired) electrons. The van der Waals surface area contributed by atoms with E-state index in [2.05, 4.69) is 34.5 Å². The Morgan fingerprint density at radius 1 is 1.14 bits per heavy atom. The van der Waals surface area contributed by atoms with Crippen LogP contribution < -0.4 is 14.8 Å². The van der Waals surface area contributed by atoms with Crippen molar-refractivity contribution in [3.8, 4) is 11.5 Å². The molecule has 1 saturated heterocycles. The summed E-state index contributed by atoms with van der Waals surface area (Å²) < 4.78 is 11.1. The molecule has 0 unspecified atom stereocenters.